The van der Waals surface area contributed by atoms with Gasteiger partial charge >= 0.3 is 11.8 Å². The molecule has 0 radical (unpaired) electrons. The number of hydrogen-bond donors (Lipinski definition) is 1. The number of anilines is 3. The maximum atomic E-state index is 14.7. The molecule has 2 bridgehead atoms. The fourth-order valence-corrected chi connectivity index (χ4v) is 7.06. The molecule has 8 nitrogen and oxygen atoms in total. The third-order valence-electron chi connectivity index (χ3n) is 8.39. The van der Waals surface area contributed by atoms with E-state index in [0.717, 1.165) is 67.3 Å². The zero-order valence-corrected chi connectivity index (χ0v) is 22.8. The molecule has 1 N–H and O–H groups in total. The minimum atomic E-state index is -3.48. The van der Waals surface area contributed by atoms with Crippen molar-refractivity contribution >= 4 is 32.9 Å². The molecule has 4 aliphatic heterocycles. The van der Waals surface area contributed by atoms with Gasteiger partial charge in [-0.25, -0.2) is 22.8 Å². The van der Waals surface area contributed by atoms with Crippen molar-refractivity contribution in [3.05, 3.63) is 47.7 Å². The quantitative estimate of drug-likeness (QED) is 0.522. The maximum absolute atomic E-state index is 14.7. The highest BCUT2D eigenvalue weighted by molar-refractivity contribution is 7.90. The molecule has 1 aromatic carbocycles. The van der Waals surface area contributed by atoms with Gasteiger partial charge in [0.05, 0.1) is 23.0 Å². The van der Waals surface area contributed by atoms with Crippen LogP contribution in [0.25, 0.3) is 0 Å². The Morgan fingerprint density at radius 1 is 1.11 bits per heavy atom. The summed E-state index contributed by atoms with van der Waals surface area (Å²) in [7, 11) is -3.48. The summed E-state index contributed by atoms with van der Waals surface area (Å²) in [5, 5.41) is 3.05. The van der Waals surface area contributed by atoms with Gasteiger partial charge in [0.15, 0.2) is 9.84 Å². The molecular weight excluding hydrogens is 503 g/mol. The molecule has 5 heterocycles. The molecule has 0 saturated carbocycles. The second kappa shape index (κ2) is 9.98. The van der Waals surface area contributed by atoms with Crippen LogP contribution in [0.3, 0.4) is 0 Å². The number of sulfone groups is 1. The van der Waals surface area contributed by atoms with Gasteiger partial charge in [-0.1, -0.05) is 6.42 Å². The molecule has 2 atom stereocenters. The van der Waals surface area contributed by atoms with Crippen LogP contribution in [-0.4, -0.2) is 67.0 Å². The van der Waals surface area contributed by atoms with E-state index in [1.807, 2.05) is 6.92 Å². The molecule has 0 amide bonds. The van der Waals surface area contributed by atoms with Crippen LogP contribution < -0.4 is 10.2 Å². The Morgan fingerprint density at radius 3 is 2.47 bits per heavy atom. The van der Waals surface area contributed by atoms with Gasteiger partial charge in [-0.15, -0.1) is 0 Å². The Kier molecular flexibility index (Phi) is 6.66. The number of halogens is 1. The Balaban J connectivity index is 1.14. The topological polar surface area (TPSA) is 90.8 Å². The Labute approximate surface area is 224 Å². The number of fused-ring (bicyclic) bond motifs is 2. The van der Waals surface area contributed by atoms with Gasteiger partial charge in [-0.2, -0.15) is 4.99 Å². The minimum Gasteiger partial charge on any atom is -0.350 e. The zero-order valence-electron chi connectivity index (χ0n) is 22.0. The van der Waals surface area contributed by atoms with E-state index in [0.29, 0.717) is 23.8 Å². The first-order valence-corrected chi connectivity index (χ1v) is 15.5. The highest BCUT2D eigenvalue weighted by Gasteiger charge is 2.48. The SMILES string of the molecule is Cc1c(Nc2ccc(S(C)(=O)=O)cc2F)ncnc1N1C2CCC1CC(C1=NC(CN3CCCCC3)=[C+]1)C2. The van der Waals surface area contributed by atoms with Crippen molar-refractivity contribution in [1.82, 2.24) is 14.9 Å². The van der Waals surface area contributed by atoms with Crippen molar-refractivity contribution in [3.63, 3.8) is 0 Å². The number of hydrogen-bond acceptors (Lipinski definition) is 8. The Bertz CT molecular complexity index is 1390. The smallest absolute Gasteiger partial charge is 0.311 e. The van der Waals surface area contributed by atoms with E-state index >= 15 is 0 Å². The minimum absolute atomic E-state index is 0.0538. The van der Waals surface area contributed by atoms with Crippen LogP contribution in [0, 0.1) is 24.7 Å². The molecule has 1 aromatic heterocycles. The van der Waals surface area contributed by atoms with Gasteiger partial charge in [0.25, 0.3) is 5.71 Å². The number of rotatable bonds is 7. The second-order valence-corrected chi connectivity index (χ2v) is 13.1. The fraction of sp³-hybridized carbons (Fsp3) is 0.536. The summed E-state index contributed by atoms with van der Waals surface area (Å²) in [4.78, 5) is 18.8. The Morgan fingerprint density at radius 2 is 1.82 bits per heavy atom. The predicted molar refractivity (Wildman–Crippen MR) is 146 cm³/mol. The maximum Gasteiger partial charge on any atom is 0.311 e. The second-order valence-electron chi connectivity index (χ2n) is 11.1. The van der Waals surface area contributed by atoms with Crippen molar-refractivity contribution in [3.8, 4) is 0 Å². The highest BCUT2D eigenvalue weighted by atomic mass is 32.2. The summed E-state index contributed by atoms with van der Waals surface area (Å²) >= 11 is 0. The van der Waals surface area contributed by atoms with Crippen molar-refractivity contribution in [2.75, 3.05) is 36.1 Å². The molecule has 4 aliphatic rings. The van der Waals surface area contributed by atoms with Crippen LogP contribution in [0.1, 0.15) is 50.5 Å². The molecule has 3 fully saturated rings. The number of likely N-dealkylation sites (tertiary alicyclic amines) is 1. The largest absolute Gasteiger partial charge is 0.350 e. The van der Waals surface area contributed by atoms with E-state index in [2.05, 4.69) is 31.2 Å². The first kappa shape index (κ1) is 25.3. The predicted octanol–water partition coefficient (Wildman–Crippen LogP) is 4.45. The van der Waals surface area contributed by atoms with Crippen LogP contribution in [0.5, 0.6) is 0 Å². The number of nitrogens with one attached hydrogen (secondary N) is 1. The molecule has 2 unspecified atom stereocenters. The van der Waals surface area contributed by atoms with E-state index in [1.165, 1.54) is 50.8 Å². The molecule has 10 heteroatoms. The first-order valence-electron chi connectivity index (χ1n) is 13.6. The lowest BCUT2D eigenvalue weighted by molar-refractivity contribution is 0.245. The molecule has 0 aliphatic carbocycles. The molecule has 2 aromatic rings. The lowest BCUT2D eigenvalue weighted by Crippen LogP contribution is -2.46. The number of piperidine rings is 2. The summed E-state index contributed by atoms with van der Waals surface area (Å²) < 4.78 is 38.2. The van der Waals surface area contributed by atoms with Gasteiger partial charge < -0.3 is 10.2 Å². The van der Waals surface area contributed by atoms with Crippen LogP contribution in [0.15, 0.2) is 40.1 Å². The highest BCUT2D eigenvalue weighted by Crippen LogP contribution is 2.44. The van der Waals surface area contributed by atoms with Crippen LogP contribution in [0.4, 0.5) is 21.7 Å². The van der Waals surface area contributed by atoms with Crippen molar-refractivity contribution < 1.29 is 12.8 Å². The molecule has 0 spiro atoms. The Hall–Kier alpha value is -2.94. The summed E-state index contributed by atoms with van der Waals surface area (Å²) in [6.07, 6.45) is 14.4. The zero-order chi connectivity index (χ0) is 26.4. The van der Waals surface area contributed by atoms with E-state index in [4.69, 9.17) is 4.99 Å². The standard InChI is InChI=1S/C28H34FN6O2S/c1-18-27(33-25-9-8-23(15-24(25)29)38(2,36)37)30-17-31-28(18)35-21-6-7-22(35)13-19(12-21)26-14-20(32-26)16-34-10-4-3-5-11-34/h8-9,15,17,19,21-22H,3-7,10-13,16H2,1-2H3,(H,30,31,33)/q+1. The summed E-state index contributed by atoms with van der Waals surface area (Å²) in [6.45, 7) is 5.23. The van der Waals surface area contributed by atoms with Gasteiger partial charge in [0, 0.05) is 23.9 Å². The van der Waals surface area contributed by atoms with E-state index in [-0.39, 0.29) is 10.6 Å². The van der Waals surface area contributed by atoms with Gasteiger partial charge in [-0.05, 0) is 76.7 Å². The fourth-order valence-electron chi connectivity index (χ4n) is 6.42. The summed E-state index contributed by atoms with van der Waals surface area (Å²) in [5.74, 6) is 1.20. The van der Waals surface area contributed by atoms with Crippen molar-refractivity contribution in [2.45, 2.75) is 68.8 Å². The first-order chi connectivity index (χ1) is 18.3. The van der Waals surface area contributed by atoms with Gasteiger partial charge in [0.1, 0.15) is 23.8 Å². The number of nitrogens with zero attached hydrogens (tertiary/aromatic N) is 5. The van der Waals surface area contributed by atoms with Crippen molar-refractivity contribution in [2.24, 2.45) is 10.9 Å². The average molecular weight is 538 g/mol. The van der Waals surface area contributed by atoms with Crippen molar-refractivity contribution in [1.29, 1.82) is 0 Å². The molecular formula is C28H34FN6O2S+. The molecule has 38 heavy (non-hydrogen) atoms. The van der Waals surface area contributed by atoms with E-state index < -0.39 is 15.7 Å². The molecule has 200 valence electrons. The normalized spacial score (nSPS) is 25.3. The van der Waals surface area contributed by atoms with E-state index in [1.54, 1.807) is 0 Å². The third kappa shape index (κ3) is 4.93. The lowest BCUT2D eigenvalue weighted by atomic mass is 9.84. The van der Waals surface area contributed by atoms with Gasteiger partial charge in [-0.3, -0.25) is 4.90 Å². The summed E-state index contributed by atoms with van der Waals surface area (Å²) in [6, 6.07) is 4.62. The van der Waals surface area contributed by atoms with Crippen LogP contribution in [0.2, 0.25) is 0 Å². The molecule has 6 rings (SSSR count). The van der Waals surface area contributed by atoms with Gasteiger partial charge in [0.2, 0.25) is 0 Å². The average Bonchev–Trinajstić information content (AvgIpc) is 3.12. The number of allylic oxidation sites excluding steroid dienone is 1. The van der Waals surface area contributed by atoms with Crippen LogP contribution >= 0.6 is 0 Å². The van der Waals surface area contributed by atoms with E-state index in [9.17, 15) is 12.8 Å². The summed E-state index contributed by atoms with van der Waals surface area (Å²) in [5.41, 5.74) is 3.28. The lowest BCUT2D eigenvalue weighted by Gasteiger charge is -2.39. The monoisotopic (exact) mass is 537 g/mol. The number of aromatic nitrogens is 2. The van der Waals surface area contributed by atoms with Crippen LogP contribution in [-0.2, 0) is 9.84 Å². The third-order valence-corrected chi connectivity index (χ3v) is 9.50. The molecule has 3 saturated heterocycles. The number of aliphatic imine (C=N–C) groups is 1. The number of benzene rings is 1.